The first-order chi connectivity index (χ1) is 10.2. The van der Waals surface area contributed by atoms with Gasteiger partial charge in [0, 0.05) is 24.0 Å². The first kappa shape index (κ1) is 13.8. The predicted octanol–water partition coefficient (Wildman–Crippen LogP) is 2.77. The third-order valence-electron chi connectivity index (χ3n) is 3.86. The molecule has 1 aromatic carbocycles. The largest absolute Gasteiger partial charge is 0.331 e. The summed E-state index contributed by atoms with van der Waals surface area (Å²) in [5.41, 5.74) is 0.568. The van der Waals surface area contributed by atoms with Crippen LogP contribution in [0.2, 0.25) is 0 Å². The number of benzene rings is 1. The fourth-order valence-corrected chi connectivity index (χ4v) is 2.67. The number of rotatable bonds is 5. The molecule has 1 heterocycles. The molecular formula is C16H18FN3O. The summed E-state index contributed by atoms with van der Waals surface area (Å²) in [4.78, 5) is 14.4. The van der Waals surface area contributed by atoms with Gasteiger partial charge in [-0.15, -0.1) is 0 Å². The van der Waals surface area contributed by atoms with E-state index in [1.165, 1.54) is 6.07 Å². The summed E-state index contributed by atoms with van der Waals surface area (Å²) < 4.78 is 15.6. The lowest BCUT2D eigenvalue weighted by Crippen LogP contribution is -2.38. The van der Waals surface area contributed by atoms with Crippen molar-refractivity contribution in [3.8, 4) is 0 Å². The molecule has 0 saturated heterocycles. The summed E-state index contributed by atoms with van der Waals surface area (Å²) in [5.74, 6) is -0.278. The second kappa shape index (κ2) is 5.68. The van der Waals surface area contributed by atoms with Gasteiger partial charge in [-0.2, -0.15) is 5.10 Å². The van der Waals surface area contributed by atoms with Crippen molar-refractivity contribution in [2.45, 2.75) is 38.4 Å². The molecule has 0 unspecified atom stereocenters. The standard InChI is InChI=1S/C16H18FN3O/c1-12(14-5-2-3-6-15(14)17)20(13-7-8-13)16(21)11-19-10-4-9-18-19/h2-6,9-10,12-13H,7-8,11H2,1H3/t12-/m0/s1. The number of hydrogen-bond donors (Lipinski definition) is 0. The van der Waals surface area contributed by atoms with E-state index in [4.69, 9.17) is 0 Å². The van der Waals surface area contributed by atoms with Crippen molar-refractivity contribution in [1.82, 2.24) is 14.7 Å². The van der Waals surface area contributed by atoms with Gasteiger partial charge in [0.2, 0.25) is 5.91 Å². The van der Waals surface area contributed by atoms with Crippen molar-refractivity contribution in [2.24, 2.45) is 0 Å². The first-order valence-corrected chi connectivity index (χ1v) is 7.20. The molecule has 5 heteroatoms. The van der Waals surface area contributed by atoms with E-state index in [-0.39, 0.29) is 30.4 Å². The average Bonchev–Trinajstić information content (AvgIpc) is 3.16. The van der Waals surface area contributed by atoms with Crippen LogP contribution < -0.4 is 0 Å². The van der Waals surface area contributed by atoms with Crippen LogP contribution in [0.5, 0.6) is 0 Å². The molecule has 21 heavy (non-hydrogen) atoms. The van der Waals surface area contributed by atoms with Gasteiger partial charge >= 0.3 is 0 Å². The maximum atomic E-state index is 14.0. The lowest BCUT2D eigenvalue weighted by molar-refractivity contribution is -0.135. The second-order valence-corrected chi connectivity index (χ2v) is 5.43. The molecule has 0 bridgehead atoms. The van der Waals surface area contributed by atoms with Gasteiger partial charge in [-0.1, -0.05) is 18.2 Å². The number of aromatic nitrogens is 2. The maximum Gasteiger partial charge on any atom is 0.245 e. The molecule has 1 atom stereocenters. The number of hydrogen-bond acceptors (Lipinski definition) is 2. The molecule has 1 aliphatic carbocycles. The van der Waals surface area contributed by atoms with Gasteiger partial charge in [-0.25, -0.2) is 4.39 Å². The summed E-state index contributed by atoms with van der Waals surface area (Å²) in [6.07, 6.45) is 5.39. The van der Waals surface area contributed by atoms with E-state index in [0.29, 0.717) is 5.56 Å². The molecule has 1 saturated carbocycles. The summed E-state index contributed by atoms with van der Waals surface area (Å²) in [6.45, 7) is 2.08. The van der Waals surface area contributed by atoms with E-state index < -0.39 is 0 Å². The van der Waals surface area contributed by atoms with Gasteiger partial charge in [0.25, 0.3) is 0 Å². The lowest BCUT2D eigenvalue weighted by Gasteiger charge is -2.30. The van der Waals surface area contributed by atoms with Gasteiger partial charge < -0.3 is 4.90 Å². The van der Waals surface area contributed by atoms with E-state index in [9.17, 15) is 9.18 Å². The Bertz CT molecular complexity index is 622. The van der Waals surface area contributed by atoms with Crippen molar-refractivity contribution in [1.29, 1.82) is 0 Å². The average molecular weight is 287 g/mol. The van der Waals surface area contributed by atoms with Gasteiger partial charge in [0.15, 0.2) is 0 Å². The van der Waals surface area contributed by atoms with Crippen LogP contribution in [0.3, 0.4) is 0 Å². The van der Waals surface area contributed by atoms with Crippen LogP contribution in [0.4, 0.5) is 4.39 Å². The van der Waals surface area contributed by atoms with Gasteiger partial charge in [0.1, 0.15) is 12.4 Å². The second-order valence-electron chi connectivity index (χ2n) is 5.43. The van der Waals surface area contributed by atoms with Gasteiger partial charge in [-0.05, 0) is 31.9 Å². The zero-order chi connectivity index (χ0) is 14.8. The molecule has 4 nitrogen and oxygen atoms in total. The van der Waals surface area contributed by atoms with Gasteiger partial charge in [-0.3, -0.25) is 9.48 Å². The highest BCUT2D eigenvalue weighted by atomic mass is 19.1. The number of amides is 1. The number of nitrogens with zero attached hydrogens (tertiary/aromatic N) is 3. The van der Waals surface area contributed by atoms with Crippen LogP contribution in [-0.4, -0.2) is 26.6 Å². The Morgan fingerprint density at radius 1 is 1.43 bits per heavy atom. The third kappa shape index (κ3) is 2.96. The Morgan fingerprint density at radius 2 is 2.19 bits per heavy atom. The van der Waals surface area contributed by atoms with Crippen molar-refractivity contribution >= 4 is 5.91 Å². The van der Waals surface area contributed by atoms with Crippen molar-refractivity contribution in [2.75, 3.05) is 0 Å². The summed E-state index contributed by atoms with van der Waals surface area (Å²) in [7, 11) is 0. The van der Waals surface area contributed by atoms with E-state index in [0.717, 1.165) is 12.8 Å². The molecule has 110 valence electrons. The molecule has 1 fully saturated rings. The Kier molecular flexibility index (Phi) is 3.73. The van der Waals surface area contributed by atoms with Crippen LogP contribution in [0.15, 0.2) is 42.7 Å². The van der Waals surface area contributed by atoms with Crippen LogP contribution in [0.25, 0.3) is 0 Å². The highest BCUT2D eigenvalue weighted by Crippen LogP contribution is 2.35. The fourth-order valence-electron chi connectivity index (χ4n) is 2.67. The summed E-state index contributed by atoms with van der Waals surface area (Å²) in [5, 5.41) is 4.06. The van der Waals surface area contributed by atoms with E-state index in [2.05, 4.69) is 5.10 Å². The van der Waals surface area contributed by atoms with Crippen LogP contribution >= 0.6 is 0 Å². The molecular weight excluding hydrogens is 269 g/mol. The number of halogens is 1. The highest BCUT2D eigenvalue weighted by molar-refractivity contribution is 5.77. The van der Waals surface area contributed by atoms with E-state index >= 15 is 0 Å². The monoisotopic (exact) mass is 287 g/mol. The molecule has 2 aromatic rings. The molecule has 0 N–H and O–H groups in total. The third-order valence-corrected chi connectivity index (χ3v) is 3.86. The molecule has 1 amide bonds. The van der Waals surface area contributed by atoms with Crippen LogP contribution in [-0.2, 0) is 11.3 Å². The fraction of sp³-hybridized carbons (Fsp3) is 0.375. The Morgan fingerprint density at radius 3 is 2.81 bits per heavy atom. The predicted molar refractivity (Wildman–Crippen MR) is 76.9 cm³/mol. The number of carbonyl (C=O) groups is 1. The zero-order valence-corrected chi connectivity index (χ0v) is 11.9. The minimum absolute atomic E-state index is 0.0167. The molecule has 0 aliphatic heterocycles. The van der Waals surface area contributed by atoms with Crippen LogP contribution in [0.1, 0.15) is 31.4 Å². The van der Waals surface area contributed by atoms with E-state index in [1.54, 1.807) is 46.2 Å². The summed E-state index contributed by atoms with van der Waals surface area (Å²) >= 11 is 0. The molecule has 3 rings (SSSR count). The Labute approximate surface area is 123 Å². The topological polar surface area (TPSA) is 38.1 Å². The lowest BCUT2D eigenvalue weighted by atomic mass is 10.1. The Hall–Kier alpha value is -2.17. The van der Waals surface area contributed by atoms with Crippen LogP contribution in [0, 0.1) is 5.82 Å². The van der Waals surface area contributed by atoms with Crippen molar-refractivity contribution in [3.63, 3.8) is 0 Å². The molecule has 1 aliphatic rings. The molecule has 1 aromatic heterocycles. The minimum Gasteiger partial charge on any atom is -0.331 e. The van der Waals surface area contributed by atoms with Crippen molar-refractivity contribution < 1.29 is 9.18 Å². The first-order valence-electron chi connectivity index (χ1n) is 7.20. The number of carbonyl (C=O) groups excluding carboxylic acids is 1. The quantitative estimate of drug-likeness (QED) is 0.848. The zero-order valence-electron chi connectivity index (χ0n) is 11.9. The minimum atomic E-state index is -0.262. The summed E-state index contributed by atoms with van der Waals surface area (Å²) in [6, 6.07) is 8.40. The smallest absolute Gasteiger partial charge is 0.245 e. The normalized spacial score (nSPS) is 15.7. The van der Waals surface area contributed by atoms with Gasteiger partial charge in [0.05, 0.1) is 6.04 Å². The molecule has 0 radical (unpaired) electrons. The highest BCUT2D eigenvalue weighted by Gasteiger charge is 2.36. The Balaban J connectivity index is 1.81. The molecule has 0 spiro atoms. The van der Waals surface area contributed by atoms with E-state index in [1.807, 2.05) is 6.92 Å². The van der Waals surface area contributed by atoms with Crippen molar-refractivity contribution in [3.05, 3.63) is 54.1 Å². The maximum absolute atomic E-state index is 14.0. The SMILES string of the molecule is C[C@@H](c1ccccc1F)N(C(=O)Cn1cccn1)C1CC1.